The Hall–Kier alpha value is -0.520. The smallest absolute Gasteiger partial charge is 0.000739 e. The Morgan fingerprint density at radius 1 is 0.783 bits per heavy atom. The van der Waals surface area contributed by atoms with E-state index < -0.39 is 0 Å². The van der Waals surface area contributed by atoms with Gasteiger partial charge in [-0.15, -0.1) is 0 Å². The van der Waals surface area contributed by atoms with Crippen LogP contribution in [0.15, 0.2) is 23.8 Å². The topological polar surface area (TPSA) is 0 Å². The predicted molar refractivity (Wildman–Crippen MR) is 101 cm³/mol. The van der Waals surface area contributed by atoms with Crippen LogP contribution in [0.25, 0.3) is 0 Å². The second-order valence-corrected chi connectivity index (χ2v) is 10.4. The van der Waals surface area contributed by atoms with E-state index in [1.165, 1.54) is 51.4 Å². The Kier molecular flexibility index (Phi) is 4.83. The van der Waals surface area contributed by atoms with E-state index in [1.54, 1.807) is 0 Å². The van der Waals surface area contributed by atoms with Crippen LogP contribution < -0.4 is 0 Å². The zero-order valence-corrected chi connectivity index (χ0v) is 16.2. The van der Waals surface area contributed by atoms with Gasteiger partial charge < -0.3 is 0 Å². The summed E-state index contributed by atoms with van der Waals surface area (Å²) < 4.78 is 0. The van der Waals surface area contributed by atoms with Gasteiger partial charge in [0.1, 0.15) is 0 Å². The van der Waals surface area contributed by atoms with Crippen molar-refractivity contribution in [2.45, 2.75) is 86.0 Å². The first-order valence-electron chi connectivity index (χ1n) is 10.2. The van der Waals surface area contributed by atoms with Crippen molar-refractivity contribution in [3.8, 4) is 0 Å². The van der Waals surface area contributed by atoms with Crippen molar-refractivity contribution in [2.75, 3.05) is 0 Å². The Morgan fingerprint density at radius 3 is 2.17 bits per heavy atom. The highest BCUT2D eigenvalue weighted by Crippen LogP contribution is 2.55. The molecule has 4 unspecified atom stereocenters. The van der Waals surface area contributed by atoms with Crippen molar-refractivity contribution >= 4 is 0 Å². The third kappa shape index (κ3) is 5.23. The van der Waals surface area contributed by atoms with E-state index in [2.05, 4.69) is 52.8 Å². The van der Waals surface area contributed by atoms with E-state index in [1.807, 2.05) is 5.57 Å². The van der Waals surface area contributed by atoms with Gasteiger partial charge >= 0.3 is 0 Å². The Morgan fingerprint density at radius 2 is 1.48 bits per heavy atom. The molecule has 0 N–H and O–H groups in total. The average Bonchev–Trinajstić information content (AvgIpc) is 3.30. The van der Waals surface area contributed by atoms with Crippen LogP contribution in [0.1, 0.15) is 86.0 Å². The molecule has 3 rings (SSSR count). The zero-order chi connectivity index (χ0) is 16.7. The molecule has 0 aromatic carbocycles. The zero-order valence-electron chi connectivity index (χ0n) is 16.2. The third-order valence-corrected chi connectivity index (χ3v) is 6.19. The molecule has 0 aromatic heterocycles. The second kappa shape index (κ2) is 6.41. The van der Waals surface area contributed by atoms with Gasteiger partial charge in [0, 0.05) is 5.41 Å². The largest absolute Gasteiger partial charge is 0.0823 e. The minimum atomic E-state index is 0.209. The maximum absolute atomic E-state index is 2.66. The van der Waals surface area contributed by atoms with Crippen molar-refractivity contribution < 1.29 is 0 Å². The van der Waals surface area contributed by atoms with Gasteiger partial charge in [-0.2, -0.15) is 0 Å². The minimum absolute atomic E-state index is 0.209. The minimum Gasteiger partial charge on any atom is -0.0823 e. The van der Waals surface area contributed by atoms with Crippen molar-refractivity contribution in [3.05, 3.63) is 23.8 Å². The van der Waals surface area contributed by atoms with Crippen LogP contribution in [0.5, 0.6) is 0 Å². The Labute approximate surface area is 144 Å². The first-order chi connectivity index (χ1) is 10.7. The fourth-order valence-corrected chi connectivity index (χ4v) is 4.54. The number of allylic oxidation sites excluding steroid dienone is 4. The number of hydrogen-bond donors (Lipinski definition) is 0. The van der Waals surface area contributed by atoms with Crippen LogP contribution in [0.3, 0.4) is 0 Å². The van der Waals surface area contributed by atoms with Crippen molar-refractivity contribution in [1.82, 2.24) is 0 Å². The molecule has 0 radical (unpaired) electrons. The highest BCUT2D eigenvalue weighted by atomic mass is 14.5. The highest BCUT2D eigenvalue weighted by Gasteiger charge is 2.44. The summed E-state index contributed by atoms with van der Waals surface area (Å²) in [6, 6.07) is 0. The van der Waals surface area contributed by atoms with Crippen LogP contribution >= 0.6 is 0 Å². The van der Waals surface area contributed by atoms with Gasteiger partial charge in [-0.3, -0.25) is 0 Å². The molecule has 0 bridgehead atoms. The Balaban J connectivity index is 1.73. The molecule has 3 fully saturated rings. The van der Waals surface area contributed by atoms with Gasteiger partial charge in [0.05, 0.1) is 0 Å². The summed E-state index contributed by atoms with van der Waals surface area (Å²) in [5.74, 6) is 4.07. The quantitative estimate of drug-likeness (QED) is 0.474. The number of hydrogen-bond acceptors (Lipinski definition) is 0. The van der Waals surface area contributed by atoms with Gasteiger partial charge in [0.25, 0.3) is 0 Å². The standard InChI is InChI=1S/C23H38/c1-22(2,3)11-12-23(4,5)16-20-14-19-13-17(19)9-7-6-8-10-18-15-21(18)20/h11-12,16-19,21H,6-10,13-15H2,1-5H3. The monoisotopic (exact) mass is 314 g/mol. The number of fused-ring (bicyclic) bond motifs is 2. The number of rotatable bonds is 2. The summed E-state index contributed by atoms with van der Waals surface area (Å²) in [6.45, 7) is 11.7. The molecule has 130 valence electrons. The summed E-state index contributed by atoms with van der Waals surface area (Å²) in [6.07, 6.45) is 19.4. The molecule has 3 aliphatic carbocycles. The lowest BCUT2D eigenvalue weighted by atomic mass is 9.84. The predicted octanol–water partition coefficient (Wildman–Crippen LogP) is 7.17. The van der Waals surface area contributed by atoms with E-state index in [0.717, 1.165) is 23.7 Å². The fourth-order valence-electron chi connectivity index (χ4n) is 4.54. The van der Waals surface area contributed by atoms with Crippen LogP contribution in [0.2, 0.25) is 0 Å². The lowest BCUT2D eigenvalue weighted by molar-refractivity contribution is 0.522. The molecule has 0 amide bonds. The van der Waals surface area contributed by atoms with Gasteiger partial charge in [0.15, 0.2) is 0 Å². The summed E-state index contributed by atoms with van der Waals surface area (Å²) in [7, 11) is 0. The SMILES string of the molecule is CC(C)(C)C=CC(C)(C)C=C1CC2CC2CCCCCC2CC12. The molecule has 0 aliphatic heterocycles. The van der Waals surface area contributed by atoms with Crippen LogP contribution in [0.4, 0.5) is 0 Å². The molecule has 3 saturated carbocycles. The second-order valence-electron chi connectivity index (χ2n) is 10.4. The van der Waals surface area contributed by atoms with Crippen molar-refractivity contribution in [3.63, 3.8) is 0 Å². The van der Waals surface area contributed by atoms with E-state index >= 15 is 0 Å². The van der Waals surface area contributed by atoms with Crippen molar-refractivity contribution in [2.24, 2.45) is 34.5 Å². The molecule has 0 heterocycles. The van der Waals surface area contributed by atoms with Crippen molar-refractivity contribution in [1.29, 1.82) is 0 Å². The van der Waals surface area contributed by atoms with Gasteiger partial charge in [0.2, 0.25) is 0 Å². The molecule has 0 heteroatoms. The lowest BCUT2D eigenvalue weighted by Crippen LogP contribution is -2.09. The first-order valence-corrected chi connectivity index (χ1v) is 10.2. The maximum Gasteiger partial charge on any atom is 0.000739 e. The van der Waals surface area contributed by atoms with E-state index in [-0.39, 0.29) is 10.8 Å². The molecule has 0 saturated heterocycles. The summed E-state index contributed by atoms with van der Waals surface area (Å²) in [4.78, 5) is 0. The molecular formula is C23H38. The summed E-state index contributed by atoms with van der Waals surface area (Å²) in [5, 5.41) is 0. The van der Waals surface area contributed by atoms with Gasteiger partial charge in [-0.05, 0) is 54.8 Å². The van der Waals surface area contributed by atoms with Crippen LogP contribution in [-0.2, 0) is 0 Å². The van der Waals surface area contributed by atoms with E-state index in [4.69, 9.17) is 0 Å². The molecule has 0 nitrogen and oxygen atoms in total. The summed E-state index contributed by atoms with van der Waals surface area (Å²) >= 11 is 0. The third-order valence-electron chi connectivity index (χ3n) is 6.19. The normalized spacial score (nSPS) is 37.2. The van der Waals surface area contributed by atoms with Gasteiger partial charge in [-0.25, -0.2) is 0 Å². The molecular weight excluding hydrogens is 276 g/mol. The fraction of sp³-hybridized carbons (Fsp3) is 0.826. The lowest BCUT2D eigenvalue weighted by Gasteiger charge is -2.21. The molecule has 0 spiro atoms. The first kappa shape index (κ1) is 17.3. The summed E-state index contributed by atoms with van der Waals surface area (Å²) in [5.41, 5.74) is 2.32. The molecule has 0 aromatic rings. The molecule has 4 atom stereocenters. The maximum atomic E-state index is 2.66. The van der Waals surface area contributed by atoms with E-state index in [9.17, 15) is 0 Å². The molecule has 23 heavy (non-hydrogen) atoms. The average molecular weight is 315 g/mol. The highest BCUT2D eigenvalue weighted by molar-refractivity contribution is 5.23. The molecule has 3 aliphatic rings. The van der Waals surface area contributed by atoms with E-state index in [0.29, 0.717) is 0 Å². The Bertz CT molecular complexity index is 471. The van der Waals surface area contributed by atoms with Gasteiger partial charge in [-0.1, -0.05) is 84.1 Å². The van der Waals surface area contributed by atoms with Crippen LogP contribution in [-0.4, -0.2) is 0 Å². The van der Waals surface area contributed by atoms with Crippen LogP contribution in [0, 0.1) is 34.5 Å².